The van der Waals surface area contributed by atoms with Gasteiger partial charge in [-0.2, -0.15) is 16.9 Å². The molecule has 0 bridgehead atoms. The number of aryl methyl sites for hydroxylation is 1. The Kier molecular flexibility index (Phi) is 3.48. The van der Waals surface area contributed by atoms with Gasteiger partial charge in [0.1, 0.15) is 0 Å². The minimum atomic E-state index is 0.744. The molecular weight excluding hydrogens is 194 g/mol. The molecule has 1 aromatic heterocycles. The average Bonchev–Trinajstić information content (AvgIpc) is 2.78. The highest BCUT2D eigenvalue weighted by Gasteiger charge is 2.13. The molecule has 2 heterocycles. The molecule has 0 radical (unpaired) electrons. The Bertz CT molecular complexity index is 279. The minimum absolute atomic E-state index is 0.744. The number of thioether (sulfide) groups is 1. The lowest BCUT2D eigenvalue weighted by molar-refractivity contribution is 0.550. The molecule has 1 N–H and O–H groups in total. The van der Waals surface area contributed by atoms with E-state index in [4.69, 9.17) is 0 Å². The average molecular weight is 211 g/mol. The van der Waals surface area contributed by atoms with Crippen LogP contribution in [0.5, 0.6) is 0 Å². The first-order valence-corrected chi connectivity index (χ1v) is 6.30. The van der Waals surface area contributed by atoms with Crippen molar-refractivity contribution in [1.82, 2.24) is 15.1 Å². The van der Waals surface area contributed by atoms with Gasteiger partial charge >= 0.3 is 0 Å². The summed E-state index contributed by atoms with van der Waals surface area (Å²) >= 11 is 2.05. The summed E-state index contributed by atoms with van der Waals surface area (Å²) in [5.74, 6) is 2.61. The van der Waals surface area contributed by atoms with Crippen molar-refractivity contribution in [2.24, 2.45) is 7.05 Å². The maximum absolute atomic E-state index is 4.15. The van der Waals surface area contributed by atoms with E-state index in [0.29, 0.717) is 0 Å². The third-order valence-corrected chi connectivity index (χ3v) is 3.83. The molecule has 1 aliphatic rings. The molecule has 78 valence electrons. The molecule has 1 fully saturated rings. The fraction of sp³-hybridized carbons (Fsp3) is 0.700. The van der Waals surface area contributed by atoms with E-state index in [-0.39, 0.29) is 0 Å². The van der Waals surface area contributed by atoms with Gasteiger partial charge in [-0.25, -0.2) is 0 Å². The Morgan fingerprint density at radius 1 is 1.71 bits per heavy atom. The molecule has 0 aromatic carbocycles. The summed E-state index contributed by atoms with van der Waals surface area (Å²) in [6.07, 6.45) is 4.27. The Morgan fingerprint density at radius 2 is 2.64 bits per heavy atom. The first-order valence-electron chi connectivity index (χ1n) is 5.14. The van der Waals surface area contributed by atoms with Gasteiger partial charge in [-0.05, 0) is 18.2 Å². The highest BCUT2D eigenvalue weighted by atomic mass is 32.2. The number of rotatable bonds is 4. The van der Waals surface area contributed by atoms with Crippen LogP contribution in [-0.2, 0) is 13.5 Å². The van der Waals surface area contributed by atoms with E-state index in [0.717, 1.165) is 19.0 Å². The monoisotopic (exact) mass is 211 g/mol. The Morgan fingerprint density at radius 3 is 3.29 bits per heavy atom. The zero-order valence-electron chi connectivity index (χ0n) is 8.57. The van der Waals surface area contributed by atoms with Gasteiger partial charge in [-0.3, -0.25) is 4.68 Å². The molecule has 0 saturated carbocycles. The number of aromatic nitrogens is 2. The minimum Gasteiger partial charge on any atom is -0.313 e. The van der Waals surface area contributed by atoms with Crippen LogP contribution in [0.3, 0.4) is 0 Å². The van der Waals surface area contributed by atoms with E-state index in [1.807, 2.05) is 17.9 Å². The van der Waals surface area contributed by atoms with E-state index in [1.165, 1.54) is 23.6 Å². The normalized spacial score (nSPS) is 21.6. The SMILES string of the molecule is Cn1nccc1CCNC1CCSC1. The predicted molar refractivity (Wildman–Crippen MR) is 60.6 cm³/mol. The van der Waals surface area contributed by atoms with Crippen LogP contribution < -0.4 is 5.32 Å². The second-order valence-electron chi connectivity index (χ2n) is 3.71. The van der Waals surface area contributed by atoms with Crippen LogP contribution in [0, 0.1) is 0 Å². The Hall–Kier alpha value is -0.480. The quantitative estimate of drug-likeness (QED) is 0.807. The zero-order chi connectivity index (χ0) is 9.80. The summed E-state index contributed by atoms with van der Waals surface area (Å²) in [7, 11) is 2.00. The summed E-state index contributed by atoms with van der Waals surface area (Å²) in [5.41, 5.74) is 1.31. The molecule has 2 rings (SSSR count). The van der Waals surface area contributed by atoms with Crippen molar-refractivity contribution in [3.05, 3.63) is 18.0 Å². The molecular formula is C10H17N3S. The lowest BCUT2D eigenvalue weighted by Gasteiger charge is -2.10. The van der Waals surface area contributed by atoms with Crippen LogP contribution in [0.4, 0.5) is 0 Å². The van der Waals surface area contributed by atoms with E-state index >= 15 is 0 Å². The fourth-order valence-electron chi connectivity index (χ4n) is 1.75. The smallest absolute Gasteiger partial charge is 0.0492 e. The number of hydrogen-bond acceptors (Lipinski definition) is 3. The Labute approximate surface area is 89.3 Å². The first-order chi connectivity index (χ1) is 6.86. The van der Waals surface area contributed by atoms with Crippen molar-refractivity contribution >= 4 is 11.8 Å². The van der Waals surface area contributed by atoms with E-state index < -0.39 is 0 Å². The first kappa shape index (κ1) is 10.1. The van der Waals surface area contributed by atoms with Gasteiger partial charge in [-0.1, -0.05) is 0 Å². The summed E-state index contributed by atoms with van der Waals surface area (Å²) in [6.45, 7) is 1.07. The topological polar surface area (TPSA) is 29.9 Å². The number of nitrogens with one attached hydrogen (secondary N) is 1. The molecule has 1 atom stereocenters. The molecule has 0 spiro atoms. The third kappa shape index (κ3) is 2.51. The second kappa shape index (κ2) is 4.84. The largest absolute Gasteiger partial charge is 0.313 e. The molecule has 4 heteroatoms. The van der Waals surface area contributed by atoms with Crippen LogP contribution in [0.25, 0.3) is 0 Å². The predicted octanol–water partition coefficient (Wildman–Crippen LogP) is 1.06. The van der Waals surface area contributed by atoms with Gasteiger partial charge < -0.3 is 5.32 Å². The van der Waals surface area contributed by atoms with Gasteiger partial charge in [0, 0.05) is 43.7 Å². The number of hydrogen-bond donors (Lipinski definition) is 1. The molecule has 1 aromatic rings. The van der Waals surface area contributed by atoms with Crippen LogP contribution in [0.15, 0.2) is 12.3 Å². The van der Waals surface area contributed by atoms with E-state index in [9.17, 15) is 0 Å². The molecule has 0 aliphatic carbocycles. The van der Waals surface area contributed by atoms with Crippen LogP contribution >= 0.6 is 11.8 Å². The number of nitrogens with zero attached hydrogens (tertiary/aromatic N) is 2. The zero-order valence-corrected chi connectivity index (χ0v) is 9.39. The summed E-state index contributed by atoms with van der Waals surface area (Å²) in [4.78, 5) is 0. The highest BCUT2D eigenvalue weighted by Crippen LogP contribution is 2.16. The molecule has 1 unspecified atom stereocenters. The van der Waals surface area contributed by atoms with Gasteiger partial charge in [0.05, 0.1) is 0 Å². The molecule has 1 saturated heterocycles. The second-order valence-corrected chi connectivity index (χ2v) is 4.86. The van der Waals surface area contributed by atoms with Crippen molar-refractivity contribution in [3.8, 4) is 0 Å². The van der Waals surface area contributed by atoms with Crippen molar-refractivity contribution in [2.45, 2.75) is 18.9 Å². The summed E-state index contributed by atoms with van der Waals surface area (Å²) in [5, 5.41) is 7.74. The highest BCUT2D eigenvalue weighted by molar-refractivity contribution is 7.99. The van der Waals surface area contributed by atoms with Crippen molar-refractivity contribution in [3.63, 3.8) is 0 Å². The fourth-order valence-corrected chi connectivity index (χ4v) is 2.93. The van der Waals surface area contributed by atoms with E-state index in [2.05, 4.69) is 28.2 Å². The van der Waals surface area contributed by atoms with Crippen LogP contribution in [0.1, 0.15) is 12.1 Å². The molecule has 14 heavy (non-hydrogen) atoms. The van der Waals surface area contributed by atoms with Crippen molar-refractivity contribution in [1.29, 1.82) is 0 Å². The van der Waals surface area contributed by atoms with E-state index in [1.54, 1.807) is 0 Å². The lowest BCUT2D eigenvalue weighted by Crippen LogP contribution is -2.30. The summed E-state index contributed by atoms with van der Waals surface area (Å²) < 4.78 is 1.95. The lowest BCUT2D eigenvalue weighted by atomic mass is 10.2. The van der Waals surface area contributed by atoms with Gasteiger partial charge in [0.2, 0.25) is 0 Å². The maximum Gasteiger partial charge on any atom is 0.0492 e. The third-order valence-electron chi connectivity index (χ3n) is 2.67. The van der Waals surface area contributed by atoms with Crippen LogP contribution in [0.2, 0.25) is 0 Å². The molecule has 3 nitrogen and oxygen atoms in total. The van der Waals surface area contributed by atoms with Crippen molar-refractivity contribution in [2.75, 3.05) is 18.1 Å². The van der Waals surface area contributed by atoms with Gasteiger partial charge in [0.15, 0.2) is 0 Å². The maximum atomic E-state index is 4.15. The summed E-state index contributed by atoms with van der Waals surface area (Å²) in [6, 6.07) is 2.83. The molecule has 0 amide bonds. The van der Waals surface area contributed by atoms with Gasteiger partial charge in [-0.15, -0.1) is 0 Å². The van der Waals surface area contributed by atoms with Gasteiger partial charge in [0.25, 0.3) is 0 Å². The molecule has 1 aliphatic heterocycles. The van der Waals surface area contributed by atoms with Crippen molar-refractivity contribution < 1.29 is 0 Å². The Balaban J connectivity index is 1.70. The van der Waals surface area contributed by atoms with Crippen LogP contribution in [-0.4, -0.2) is 33.9 Å². The standard InChI is InChI=1S/C10H17N3S/c1-13-10(3-6-12-13)2-5-11-9-4-7-14-8-9/h3,6,9,11H,2,4-5,7-8H2,1H3.